The highest BCUT2D eigenvalue weighted by atomic mass is 35.5. The molecule has 0 aromatic heterocycles. The lowest BCUT2D eigenvalue weighted by Crippen LogP contribution is -2.42. The van der Waals surface area contributed by atoms with E-state index in [-0.39, 0.29) is 17.3 Å². The number of nitrogens with zero attached hydrogens (tertiary/aromatic N) is 1. The molecule has 0 radical (unpaired) electrons. The van der Waals surface area contributed by atoms with E-state index in [0.29, 0.717) is 35.5 Å². The van der Waals surface area contributed by atoms with Crippen molar-refractivity contribution in [1.29, 1.82) is 0 Å². The normalized spacial score (nSPS) is 12.2. The van der Waals surface area contributed by atoms with Gasteiger partial charge in [-0.05, 0) is 55.7 Å². The minimum absolute atomic E-state index is 0.0513. The number of halogens is 1. The van der Waals surface area contributed by atoms with Crippen LogP contribution in [0.1, 0.15) is 46.5 Å². The fraction of sp³-hybridized carbons (Fsp3) is 0.458. The summed E-state index contributed by atoms with van der Waals surface area (Å²) in [5.41, 5.74) is 0.317. The van der Waals surface area contributed by atoms with Crippen molar-refractivity contribution in [2.75, 3.05) is 24.0 Å². The van der Waals surface area contributed by atoms with Gasteiger partial charge in [0.25, 0.3) is 10.0 Å². The molecule has 2 rings (SSSR count). The van der Waals surface area contributed by atoms with E-state index in [9.17, 15) is 13.2 Å². The molecule has 0 aliphatic carbocycles. The molecule has 0 fully saturated rings. The lowest BCUT2D eigenvalue weighted by atomic mass is 9.99. The minimum atomic E-state index is -4.03. The average molecular weight is 481 g/mol. The van der Waals surface area contributed by atoms with Gasteiger partial charge in [-0.25, -0.2) is 8.42 Å². The Hall–Kier alpha value is -2.25. The van der Waals surface area contributed by atoms with Gasteiger partial charge in [-0.1, -0.05) is 56.8 Å². The zero-order valence-corrected chi connectivity index (χ0v) is 20.6. The number of carbonyl (C=O) groups is 1. The smallest absolute Gasteiger partial charge is 0.264 e. The monoisotopic (exact) mass is 480 g/mol. The molecule has 0 spiro atoms. The third-order valence-electron chi connectivity index (χ3n) is 5.25. The molecular weight excluding hydrogens is 448 g/mol. The van der Waals surface area contributed by atoms with Crippen molar-refractivity contribution in [1.82, 2.24) is 5.32 Å². The molecule has 6 nitrogen and oxygen atoms in total. The first-order valence-corrected chi connectivity index (χ1v) is 12.9. The molecule has 176 valence electrons. The molecule has 1 unspecified atom stereocenters. The number of rotatable bonds is 13. The number of ether oxygens (including phenoxy) is 1. The van der Waals surface area contributed by atoms with E-state index in [1.54, 1.807) is 24.3 Å². The van der Waals surface area contributed by atoms with Crippen molar-refractivity contribution < 1.29 is 17.9 Å². The molecule has 32 heavy (non-hydrogen) atoms. The van der Waals surface area contributed by atoms with Crippen LogP contribution in [-0.2, 0) is 14.8 Å². The van der Waals surface area contributed by atoms with Gasteiger partial charge in [-0.3, -0.25) is 9.10 Å². The molecule has 0 aliphatic heterocycles. The van der Waals surface area contributed by atoms with E-state index in [1.165, 1.54) is 24.3 Å². The predicted octanol–water partition coefficient (Wildman–Crippen LogP) is 5.27. The van der Waals surface area contributed by atoms with Crippen molar-refractivity contribution in [2.45, 2.75) is 51.3 Å². The summed E-state index contributed by atoms with van der Waals surface area (Å²) in [5, 5.41) is 3.35. The van der Waals surface area contributed by atoms with Crippen LogP contribution < -0.4 is 14.4 Å². The summed E-state index contributed by atoms with van der Waals surface area (Å²) in [4.78, 5) is 12.9. The van der Waals surface area contributed by atoms with Gasteiger partial charge in [0.15, 0.2) is 0 Å². The minimum Gasteiger partial charge on any atom is -0.492 e. The zero-order valence-electron chi connectivity index (χ0n) is 19.0. The first-order valence-electron chi connectivity index (χ1n) is 11.1. The van der Waals surface area contributed by atoms with Crippen LogP contribution in [0.2, 0.25) is 5.02 Å². The molecule has 8 heteroatoms. The van der Waals surface area contributed by atoms with Crippen molar-refractivity contribution in [3.63, 3.8) is 0 Å². The van der Waals surface area contributed by atoms with Crippen LogP contribution in [0.25, 0.3) is 0 Å². The molecule has 1 N–H and O–H groups in total. The number of amides is 1. The van der Waals surface area contributed by atoms with Crippen LogP contribution in [0, 0.1) is 5.92 Å². The molecular formula is C24H33ClN2O4S. The van der Waals surface area contributed by atoms with Gasteiger partial charge < -0.3 is 10.1 Å². The highest BCUT2D eigenvalue weighted by Gasteiger charge is 2.29. The first kappa shape index (κ1) is 26.0. The second-order valence-corrected chi connectivity index (χ2v) is 9.89. The Labute approximate surface area is 197 Å². The third-order valence-corrected chi connectivity index (χ3v) is 7.28. The van der Waals surface area contributed by atoms with Gasteiger partial charge in [-0.2, -0.15) is 0 Å². The zero-order chi connectivity index (χ0) is 23.6. The van der Waals surface area contributed by atoms with Gasteiger partial charge >= 0.3 is 0 Å². The molecule has 2 aromatic rings. The highest BCUT2D eigenvalue weighted by molar-refractivity contribution is 7.92. The Morgan fingerprint density at radius 3 is 2.41 bits per heavy atom. The van der Waals surface area contributed by atoms with Crippen LogP contribution in [0.15, 0.2) is 53.4 Å². The number of anilines is 1. The Morgan fingerprint density at radius 2 is 1.78 bits per heavy atom. The van der Waals surface area contributed by atoms with Crippen molar-refractivity contribution in [3.05, 3.63) is 53.6 Å². The van der Waals surface area contributed by atoms with Crippen LogP contribution in [0.5, 0.6) is 5.75 Å². The lowest BCUT2D eigenvalue weighted by molar-refractivity contribution is -0.119. The molecule has 0 saturated carbocycles. The number of sulfonamides is 1. The van der Waals surface area contributed by atoms with Gasteiger partial charge in [0.1, 0.15) is 12.3 Å². The predicted molar refractivity (Wildman–Crippen MR) is 130 cm³/mol. The number of benzene rings is 2. The average Bonchev–Trinajstić information content (AvgIpc) is 2.78. The van der Waals surface area contributed by atoms with Gasteiger partial charge in [-0.15, -0.1) is 0 Å². The van der Waals surface area contributed by atoms with Crippen LogP contribution in [0.4, 0.5) is 5.69 Å². The number of unbranched alkanes of at least 4 members (excludes halogenated alkanes) is 1. The van der Waals surface area contributed by atoms with Crippen molar-refractivity contribution in [2.24, 2.45) is 5.92 Å². The van der Waals surface area contributed by atoms with E-state index in [1.807, 2.05) is 6.92 Å². The standard InChI is InChI=1S/C24H33ClN2O4S/c1-4-7-10-19(5-2)17-26-24(28)18-27(22-11-8-9-12-23(22)31-6-3)32(29,30)21-15-13-20(25)14-16-21/h8-9,11-16,19H,4-7,10,17-18H2,1-3H3,(H,26,28). The summed E-state index contributed by atoms with van der Waals surface area (Å²) in [6, 6.07) is 12.7. The van der Waals surface area contributed by atoms with Crippen molar-refractivity contribution >= 4 is 33.2 Å². The topological polar surface area (TPSA) is 75.7 Å². The van der Waals surface area contributed by atoms with Crippen molar-refractivity contribution in [3.8, 4) is 5.75 Å². The quantitative estimate of drug-likeness (QED) is 0.424. The molecule has 1 amide bonds. The van der Waals surface area contributed by atoms with E-state index in [0.717, 1.165) is 30.0 Å². The Bertz CT molecular complexity index is 964. The number of nitrogens with one attached hydrogen (secondary N) is 1. The fourth-order valence-electron chi connectivity index (χ4n) is 3.36. The SMILES string of the molecule is CCCCC(CC)CNC(=O)CN(c1ccccc1OCC)S(=O)(=O)c1ccc(Cl)cc1. The summed E-state index contributed by atoms with van der Waals surface area (Å²) < 4.78 is 33.8. The summed E-state index contributed by atoms with van der Waals surface area (Å²) in [6.45, 7) is 6.61. The lowest BCUT2D eigenvalue weighted by Gasteiger charge is -2.26. The first-order chi connectivity index (χ1) is 15.3. The molecule has 0 aliphatic rings. The summed E-state index contributed by atoms with van der Waals surface area (Å²) in [7, 11) is -4.03. The van der Waals surface area contributed by atoms with E-state index < -0.39 is 10.0 Å². The maximum absolute atomic E-state index is 13.5. The molecule has 1 atom stereocenters. The fourth-order valence-corrected chi connectivity index (χ4v) is 4.92. The molecule has 0 heterocycles. The Kier molecular flexibility index (Phi) is 10.3. The van der Waals surface area contributed by atoms with E-state index in [2.05, 4.69) is 19.2 Å². The summed E-state index contributed by atoms with van der Waals surface area (Å²) >= 11 is 5.94. The molecule has 2 aromatic carbocycles. The second kappa shape index (κ2) is 12.7. The summed E-state index contributed by atoms with van der Waals surface area (Å²) in [6.07, 6.45) is 4.20. The third kappa shape index (κ3) is 7.14. The van der Waals surface area contributed by atoms with Gasteiger partial charge in [0.2, 0.25) is 5.91 Å². The van der Waals surface area contributed by atoms with Gasteiger partial charge in [0, 0.05) is 11.6 Å². The second-order valence-electron chi connectivity index (χ2n) is 7.59. The number of hydrogen-bond acceptors (Lipinski definition) is 4. The largest absolute Gasteiger partial charge is 0.492 e. The van der Waals surface area contributed by atoms with Crippen LogP contribution in [0.3, 0.4) is 0 Å². The number of para-hydroxylation sites is 2. The number of hydrogen-bond donors (Lipinski definition) is 1. The number of carbonyl (C=O) groups excluding carboxylic acids is 1. The Balaban J connectivity index is 2.33. The highest BCUT2D eigenvalue weighted by Crippen LogP contribution is 2.32. The summed E-state index contributed by atoms with van der Waals surface area (Å²) in [5.74, 6) is 0.412. The maximum Gasteiger partial charge on any atom is 0.264 e. The molecule has 0 saturated heterocycles. The van der Waals surface area contributed by atoms with Gasteiger partial charge in [0.05, 0.1) is 17.2 Å². The maximum atomic E-state index is 13.5. The van der Waals surface area contributed by atoms with E-state index in [4.69, 9.17) is 16.3 Å². The Morgan fingerprint density at radius 1 is 1.09 bits per heavy atom. The van der Waals surface area contributed by atoms with Crippen LogP contribution in [-0.4, -0.2) is 34.0 Å². The molecule has 0 bridgehead atoms. The van der Waals surface area contributed by atoms with Crippen LogP contribution >= 0.6 is 11.6 Å². The van der Waals surface area contributed by atoms with E-state index >= 15 is 0 Å².